The van der Waals surface area contributed by atoms with Gasteiger partial charge in [0.15, 0.2) is 0 Å². The topological polar surface area (TPSA) is 0 Å². The zero-order valence-electron chi connectivity index (χ0n) is 12.2. The van der Waals surface area contributed by atoms with Crippen LogP contribution in [0.5, 0.6) is 0 Å². The van der Waals surface area contributed by atoms with Crippen LogP contribution in [0.4, 0.5) is 0 Å². The molecule has 1 rings (SSSR count). The molecule has 0 nitrogen and oxygen atoms in total. The highest BCUT2D eigenvalue weighted by atomic mass is 14.0. The predicted octanol–water partition coefficient (Wildman–Crippen LogP) is 6.45. The van der Waals surface area contributed by atoms with E-state index in [1.54, 1.807) is 0 Å². The van der Waals surface area contributed by atoms with E-state index in [4.69, 9.17) is 0 Å². The summed E-state index contributed by atoms with van der Waals surface area (Å²) in [6, 6.07) is 0. The van der Waals surface area contributed by atoms with E-state index < -0.39 is 0 Å². The van der Waals surface area contributed by atoms with Crippen LogP contribution in [0.2, 0.25) is 0 Å². The van der Waals surface area contributed by atoms with E-state index in [1.807, 2.05) is 55.4 Å². The highest BCUT2D eigenvalue weighted by Gasteiger charge is 1.95. The van der Waals surface area contributed by atoms with Gasteiger partial charge in [-0.1, -0.05) is 93.9 Å². The van der Waals surface area contributed by atoms with Gasteiger partial charge in [-0.05, 0) is 0 Å². The van der Waals surface area contributed by atoms with Gasteiger partial charge in [-0.15, -0.1) is 0 Å². The lowest BCUT2D eigenvalue weighted by atomic mass is 10.0. The summed E-state index contributed by atoms with van der Waals surface area (Å²) in [5, 5.41) is 0. The summed E-state index contributed by atoms with van der Waals surface area (Å²) in [5.74, 6) is 0. The average Bonchev–Trinajstić information content (AvgIpc) is 2.41. The van der Waals surface area contributed by atoms with E-state index in [0.717, 1.165) is 0 Å². The van der Waals surface area contributed by atoms with Gasteiger partial charge in [0, 0.05) is 0 Å². The molecule has 0 atom stereocenters. The second-order valence-electron chi connectivity index (χ2n) is 2.12. The van der Waals surface area contributed by atoms with Crippen molar-refractivity contribution in [1.29, 1.82) is 0 Å². The molecular weight excluding hydrogens is 168 g/mol. The van der Waals surface area contributed by atoms with E-state index in [2.05, 4.69) is 0 Å². The molecule has 14 heavy (non-hydrogen) atoms. The van der Waals surface area contributed by atoms with Crippen molar-refractivity contribution >= 4 is 0 Å². The monoisotopic (exact) mass is 204 g/mol. The molecular formula is C14H36. The van der Waals surface area contributed by atoms with Gasteiger partial charge in [-0.2, -0.15) is 0 Å². The lowest BCUT2D eigenvalue weighted by Gasteiger charge is -2.05. The first-order valence-corrected chi connectivity index (χ1v) is 7.00. The van der Waals surface area contributed by atoms with E-state index in [0.29, 0.717) is 0 Å². The summed E-state index contributed by atoms with van der Waals surface area (Å²) in [5.41, 5.74) is 0. The van der Waals surface area contributed by atoms with Gasteiger partial charge in [0.1, 0.15) is 0 Å². The minimum Gasteiger partial charge on any atom is -0.0683 e. The van der Waals surface area contributed by atoms with E-state index in [1.165, 1.54) is 38.5 Å². The Balaban J connectivity index is -0.0000000542. The molecule has 0 aromatic carbocycles. The number of rotatable bonds is 0. The molecule has 1 saturated carbocycles. The van der Waals surface area contributed by atoms with Crippen molar-refractivity contribution in [2.24, 2.45) is 0 Å². The molecule has 1 aliphatic rings. The van der Waals surface area contributed by atoms with Crippen LogP contribution in [0.3, 0.4) is 0 Å². The Morgan fingerprint density at radius 2 is 0.357 bits per heavy atom. The van der Waals surface area contributed by atoms with E-state index in [-0.39, 0.29) is 0 Å². The summed E-state index contributed by atoms with van der Waals surface area (Å²) in [7, 11) is 0. The Bertz CT molecular complexity index is 15.5. The Morgan fingerprint density at radius 3 is 0.429 bits per heavy atom. The lowest BCUT2D eigenvalue weighted by molar-refractivity contribution is 0.504. The third-order valence-electron chi connectivity index (χ3n) is 1.50. The van der Waals surface area contributed by atoms with Crippen molar-refractivity contribution in [2.45, 2.75) is 93.9 Å². The first kappa shape index (κ1) is 23.7. The number of hydrogen-bond donors (Lipinski definition) is 0. The summed E-state index contributed by atoms with van der Waals surface area (Å²) in [6.07, 6.45) is 9.00. The molecule has 0 heterocycles. The maximum absolute atomic E-state index is 2.00. The fraction of sp³-hybridized carbons (Fsp3) is 1.00. The van der Waals surface area contributed by atoms with Crippen LogP contribution < -0.4 is 0 Å². The molecule has 1 fully saturated rings. The first-order valence-electron chi connectivity index (χ1n) is 7.00. The smallest absolute Gasteiger partial charge is 0.0533 e. The largest absolute Gasteiger partial charge is 0.0683 e. The first-order chi connectivity index (χ1) is 7.00. The Morgan fingerprint density at radius 1 is 0.286 bits per heavy atom. The fourth-order valence-electron chi connectivity index (χ4n) is 1.06. The van der Waals surface area contributed by atoms with Gasteiger partial charge in [0.05, 0.1) is 0 Å². The van der Waals surface area contributed by atoms with Crippen molar-refractivity contribution in [3.63, 3.8) is 0 Å². The van der Waals surface area contributed by atoms with Gasteiger partial charge in [0.2, 0.25) is 0 Å². The Hall–Kier alpha value is 0. The van der Waals surface area contributed by atoms with Gasteiger partial charge >= 0.3 is 0 Å². The van der Waals surface area contributed by atoms with E-state index >= 15 is 0 Å². The lowest BCUT2D eigenvalue weighted by Crippen LogP contribution is -1.85. The van der Waals surface area contributed by atoms with Crippen LogP contribution in [-0.2, 0) is 0 Å². The minimum atomic E-state index is 1.50. The molecule has 0 unspecified atom stereocenters. The molecule has 0 aliphatic heterocycles. The maximum Gasteiger partial charge on any atom is -0.0533 e. The molecule has 0 aromatic heterocycles. The van der Waals surface area contributed by atoms with Gasteiger partial charge in [-0.3, -0.25) is 0 Å². The summed E-state index contributed by atoms with van der Waals surface area (Å²) >= 11 is 0. The summed E-state index contributed by atoms with van der Waals surface area (Å²) in [6.45, 7) is 16.0. The van der Waals surface area contributed by atoms with Crippen LogP contribution in [0.25, 0.3) is 0 Å². The predicted molar refractivity (Wildman–Crippen MR) is 73.1 cm³/mol. The quantitative estimate of drug-likeness (QED) is 0.425. The van der Waals surface area contributed by atoms with Crippen molar-refractivity contribution in [2.75, 3.05) is 0 Å². The standard InChI is InChI=1S/C6H12.4C2H6/c1-2-4-6-5-3-1;4*1-2/h1-6H2;4*1-2H3. The van der Waals surface area contributed by atoms with Crippen LogP contribution in [0.15, 0.2) is 0 Å². The SMILES string of the molecule is C1CCCCC1.CC.CC.CC.CC. The zero-order valence-corrected chi connectivity index (χ0v) is 12.2. The van der Waals surface area contributed by atoms with Crippen molar-refractivity contribution in [1.82, 2.24) is 0 Å². The normalized spacial score (nSPS) is 12.0. The molecule has 0 saturated heterocycles. The third kappa shape index (κ3) is 40.3. The Kier molecular flexibility index (Phi) is 87.9. The van der Waals surface area contributed by atoms with Crippen LogP contribution in [0, 0.1) is 0 Å². The number of hydrogen-bond acceptors (Lipinski definition) is 0. The third-order valence-corrected chi connectivity index (χ3v) is 1.50. The molecule has 0 radical (unpaired) electrons. The second kappa shape index (κ2) is 52.0. The highest BCUT2D eigenvalue weighted by Crippen LogP contribution is 2.15. The van der Waals surface area contributed by atoms with Crippen molar-refractivity contribution in [3.05, 3.63) is 0 Å². The molecule has 1 aliphatic carbocycles. The fourth-order valence-corrected chi connectivity index (χ4v) is 1.06. The van der Waals surface area contributed by atoms with E-state index in [9.17, 15) is 0 Å². The molecule has 0 spiro atoms. The molecule has 0 amide bonds. The molecule has 0 aromatic rings. The molecule has 92 valence electrons. The Labute approximate surface area is 94.5 Å². The summed E-state index contributed by atoms with van der Waals surface area (Å²) < 4.78 is 0. The van der Waals surface area contributed by atoms with Crippen LogP contribution in [-0.4, -0.2) is 0 Å². The minimum absolute atomic E-state index is 1.50. The van der Waals surface area contributed by atoms with Crippen molar-refractivity contribution < 1.29 is 0 Å². The molecule has 0 N–H and O–H groups in total. The maximum atomic E-state index is 2.00. The highest BCUT2D eigenvalue weighted by molar-refractivity contribution is 4.51. The molecule has 0 bridgehead atoms. The average molecular weight is 204 g/mol. The summed E-state index contributed by atoms with van der Waals surface area (Å²) in [4.78, 5) is 0. The zero-order chi connectivity index (χ0) is 12.2. The van der Waals surface area contributed by atoms with Gasteiger partial charge in [-0.25, -0.2) is 0 Å². The van der Waals surface area contributed by atoms with Gasteiger partial charge in [0.25, 0.3) is 0 Å². The van der Waals surface area contributed by atoms with Crippen LogP contribution >= 0.6 is 0 Å². The van der Waals surface area contributed by atoms with Gasteiger partial charge < -0.3 is 0 Å². The second-order valence-corrected chi connectivity index (χ2v) is 2.12. The van der Waals surface area contributed by atoms with Crippen molar-refractivity contribution in [3.8, 4) is 0 Å². The van der Waals surface area contributed by atoms with Crippen LogP contribution in [0.1, 0.15) is 93.9 Å². The molecule has 0 heteroatoms.